The van der Waals surface area contributed by atoms with Gasteiger partial charge < -0.3 is 4.74 Å². The number of rotatable bonds is 7. The highest BCUT2D eigenvalue weighted by Gasteiger charge is 2.30. The van der Waals surface area contributed by atoms with Gasteiger partial charge in [0.05, 0.1) is 23.5 Å². The standard InChI is InChI=1S/C26H33NOS/c1-2-28-16-15-23-18-22(13-14-24(23)26(27)25-8-5-17-29-25)21-11-9-20(10-12-21)19-6-3-4-7-19/h5,8,13-21,27H,2-4,6-7,9-12H2,1H3/b16-15+,27-26?. The van der Waals surface area contributed by atoms with Crippen molar-refractivity contribution >= 4 is 23.1 Å². The van der Waals surface area contributed by atoms with E-state index in [2.05, 4.69) is 18.2 Å². The van der Waals surface area contributed by atoms with Crippen LogP contribution in [-0.2, 0) is 4.74 Å². The van der Waals surface area contributed by atoms with Gasteiger partial charge >= 0.3 is 0 Å². The highest BCUT2D eigenvalue weighted by atomic mass is 32.1. The molecule has 1 aromatic heterocycles. The summed E-state index contributed by atoms with van der Waals surface area (Å²) in [6.45, 7) is 2.66. The lowest BCUT2D eigenvalue weighted by atomic mass is 9.73. The number of ether oxygens (including phenoxy) is 1. The van der Waals surface area contributed by atoms with Gasteiger partial charge in [-0.2, -0.15) is 0 Å². The van der Waals surface area contributed by atoms with E-state index in [0.717, 1.165) is 27.8 Å². The highest BCUT2D eigenvalue weighted by molar-refractivity contribution is 7.12. The Morgan fingerprint density at radius 1 is 1.07 bits per heavy atom. The summed E-state index contributed by atoms with van der Waals surface area (Å²) in [5, 5.41) is 10.7. The van der Waals surface area contributed by atoms with Gasteiger partial charge in [0.1, 0.15) is 0 Å². The molecule has 4 rings (SSSR count). The van der Waals surface area contributed by atoms with Crippen LogP contribution in [0.1, 0.15) is 85.8 Å². The molecular formula is C26H33NOS. The third-order valence-corrected chi connectivity index (χ3v) is 7.82. The molecule has 154 valence electrons. The Morgan fingerprint density at radius 3 is 2.52 bits per heavy atom. The Kier molecular flexibility index (Phi) is 6.86. The van der Waals surface area contributed by atoms with Crippen LogP contribution >= 0.6 is 11.3 Å². The molecule has 2 saturated carbocycles. The Labute approximate surface area is 179 Å². The molecule has 1 aromatic carbocycles. The average Bonchev–Trinajstić information content (AvgIpc) is 3.48. The summed E-state index contributed by atoms with van der Waals surface area (Å²) < 4.78 is 5.47. The van der Waals surface area contributed by atoms with Crippen LogP contribution in [0.4, 0.5) is 0 Å². The van der Waals surface area contributed by atoms with Gasteiger partial charge in [-0.3, -0.25) is 5.41 Å². The van der Waals surface area contributed by atoms with Crippen molar-refractivity contribution in [2.75, 3.05) is 6.61 Å². The molecule has 2 aliphatic carbocycles. The van der Waals surface area contributed by atoms with Gasteiger partial charge in [-0.25, -0.2) is 0 Å². The van der Waals surface area contributed by atoms with Crippen LogP contribution in [-0.4, -0.2) is 12.3 Å². The van der Waals surface area contributed by atoms with Crippen molar-refractivity contribution in [2.24, 2.45) is 11.8 Å². The fourth-order valence-electron chi connectivity index (χ4n) is 5.32. The molecule has 1 heterocycles. The van der Waals surface area contributed by atoms with E-state index in [0.29, 0.717) is 18.2 Å². The molecule has 2 aliphatic rings. The Hall–Kier alpha value is -1.87. The lowest BCUT2D eigenvalue weighted by molar-refractivity contribution is 0.235. The summed E-state index contributed by atoms with van der Waals surface area (Å²) in [4.78, 5) is 1.01. The third-order valence-electron chi connectivity index (χ3n) is 6.93. The zero-order valence-electron chi connectivity index (χ0n) is 17.5. The minimum atomic E-state index is 0.604. The smallest absolute Gasteiger partial charge is 0.0845 e. The minimum absolute atomic E-state index is 0.604. The van der Waals surface area contributed by atoms with Crippen molar-refractivity contribution in [2.45, 2.75) is 64.2 Å². The zero-order chi connectivity index (χ0) is 20.1. The predicted molar refractivity (Wildman–Crippen MR) is 124 cm³/mol. The summed E-state index contributed by atoms with van der Waals surface area (Å²) in [6, 6.07) is 10.8. The van der Waals surface area contributed by atoms with Crippen LogP contribution in [0.5, 0.6) is 0 Å². The monoisotopic (exact) mass is 407 g/mol. The van der Waals surface area contributed by atoms with Crippen molar-refractivity contribution in [1.29, 1.82) is 5.41 Å². The van der Waals surface area contributed by atoms with E-state index in [4.69, 9.17) is 10.1 Å². The first-order valence-corrected chi connectivity index (χ1v) is 12.2. The third kappa shape index (κ3) is 4.83. The first-order chi connectivity index (χ1) is 14.3. The van der Waals surface area contributed by atoms with Crippen LogP contribution in [0.2, 0.25) is 0 Å². The van der Waals surface area contributed by atoms with Crippen molar-refractivity contribution in [1.82, 2.24) is 0 Å². The molecule has 0 amide bonds. The maximum absolute atomic E-state index is 8.68. The van der Waals surface area contributed by atoms with Crippen LogP contribution in [0, 0.1) is 17.2 Å². The Balaban J connectivity index is 1.52. The predicted octanol–water partition coefficient (Wildman–Crippen LogP) is 7.64. The maximum Gasteiger partial charge on any atom is 0.0845 e. The molecule has 0 aliphatic heterocycles. The Bertz CT molecular complexity index is 824. The van der Waals surface area contributed by atoms with Gasteiger partial charge in [-0.1, -0.05) is 49.9 Å². The number of hydrogen-bond donors (Lipinski definition) is 1. The molecule has 3 heteroatoms. The van der Waals surface area contributed by atoms with E-state index < -0.39 is 0 Å². The average molecular weight is 408 g/mol. The van der Waals surface area contributed by atoms with E-state index in [1.54, 1.807) is 17.6 Å². The lowest BCUT2D eigenvalue weighted by Crippen LogP contribution is -2.19. The van der Waals surface area contributed by atoms with Crippen LogP contribution < -0.4 is 0 Å². The van der Waals surface area contributed by atoms with E-state index >= 15 is 0 Å². The molecule has 0 spiro atoms. The number of hydrogen-bond acceptors (Lipinski definition) is 3. The first-order valence-electron chi connectivity index (χ1n) is 11.3. The SMILES string of the molecule is CCO/C=C/c1cc(C2CCC(C3CCCC3)CC2)ccc1C(=N)c1cccs1. The molecule has 0 atom stereocenters. The quantitative estimate of drug-likeness (QED) is 0.371. The highest BCUT2D eigenvalue weighted by Crippen LogP contribution is 2.44. The summed E-state index contributed by atoms with van der Waals surface area (Å²) in [5.41, 5.74) is 4.14. The van der Waals surface area contributed by atoms with Crippen molar-refractivity contribution in [3.8, 4) is 0 Å². The molecule has 0 radical (unpaired) electrons. The molecule has 0 saturated heterocycles. The lowest BCUT2D eigenvalue weighted by Gasteiger charge is -2.32. The summed E-state index contributed by atoms with van der Waals surface area (Å²) in [7, 11) is 0. The summed E-state index contributed by atoms with van der Waals surface area (Å²) in [6.07, 6.45) is 15.1. The molecule has 2 aromatic rings. The second-order valence-corrected chi connectivity index (χ2v) is 9.56. The topological polar surface area (TPSA) is 33.1 Å². The van der Waals surface area contributed by atoms with Gasteiger partial charge in [0.15, 0.2) is 0 Å². The maximum atomic E-state index is 8.68. The van der Waals surface area contributed by atoms with Gasteiger partial charge in [0, 0.05) is 5.56 Å². The van der Waals surface area contributed by atoms with E-state index in [1.807, 2.05) is 30.5 Å². The Morgan fingerprint density at radius 2 is 1.83 bits per heavy atom. The number of nitrogens with one attached hydrogen (secondary N) is 1. The van der Waals surface area contributed by atoms with Crippen LogP contribution in [0.3, 0.4) is 0 Å². The second kappa shape index (κ2) is 9.75. The minimum Gasteiger partial charge on any atom is -0.501 e. The summed E-state index contributed by atoms with van der Waals surface area (Å²) >= 11 is 1.63. The largest absolute Gasteiger partial charge is 0.501 e. The summed E-state index contributed by atoms with van der Waals surface area (Å²) in [5.74, 6) is 2.64. The zero-order valence-corrected chi connectivity index (χ0v) is 18.3. The van der Waals surface area contributed by atoms with Crippen LogP contribution in [0.15, 0.2) is 42.0 Å². The van der Waals surface area contributed by atoms with Gasteiger partial charge in [-0.15, -0.1) is 11.3 Å². The van der Waals surface area contributed by atoms with E-state index in [1.165, 1.54) is 56.9 Å². The molecular weight excluding hydrogens is 374 g/mol. The van der Waals surface area contributed by atoms with Crippen molar-refractivity contribution in [3.63, 3.8) is 0 Å². The fraction of sp³-hybridized carbons (Fsp3) is 0.500. The molecule has 1 N–H and O–H groups in total. The molecule has 0 unspecified atom stereocenters. The normalized spacial score (nSPS) is 22.9. The second-order valence-electron chi connectivity index (χ2n) is 8.61. The first kappa shape index (κ1) is 20.4. The molecule has 0 bridgehead atoms. The molecule has 29 heavy (non-hydrogen) atoms. The fourth-order valence-corrected chi connectivity index (χ4v) is 6.01. The van der Waals surface area contributed by atoms with Gasteiger partial charge in [-0.05, 0) is 79.0 Å². The number of benzene rings is 1. The number of thiophene rings is 1. The van der Waals surface area contributed by atoms with Crippen molar-refractivity contribution < 1.29 is 4.74 Å². The van der Waals surface area contributed by atoms with E-state index in [-0.39, 0.29) is 0 Å². The van der Waals surface area contributed by atoms with Crippen molar-refractivity contribution in [3.05, 3.63) is 63.5 Å². The molecule has 2 fully saturated rings. The van der Waals surface area contributed by atoms with Gasteiger partial charge in [0.25, 0.3) is 0 Å². The molecule has 2 nitrogen and oxygen atoms in total. The van der Waals surface area contributed by atoms with E-state index in [9.17, 15) is 0 Å². The van der Waals surface area contributed by atoms with Crippen LogP contribution in [0.25, 0.3) is 6.08 Å². The van der Waals surface area contributed by atoms with Gasteiger partial charge in [0.2, 0.25) is 0 Å².